The van der Waals surface area contributed by atoms with E-state index in [2.05, 4.69) is 50.4 Å². The molecule has 0 bridgehead atoms. The Bertz CT molecular complexity index is 776. The van der Waals surface area contributed by atoms with Gasteiger partial charge in [0.15, 0.2) is 5.96 Å². The number of aryl methyl sites for hydroxylation is 1. The van der Waals surface area contributed by atoms with Gasteiger partial charge in [0.25, 0.3) is 0 Å². The molecule has 1 saturated heterocycles. The molecule has 2 N–H and O–H groups in total. The second kappa shape index (κ2) is 9.16. The van der Waals surface area contributed by atoms with Crippen molar-refractivity contribution >= 4 is 5.96 Å². The van der Waals surface area contributed by atoms with Crippen LogP contribution in [0, 0.1) is 6.92 Å². The molecular formula is C20H31N7O. The molecule has 0 spiro atoms. The molecular weight excluding hydrogens is 354 g/mol. The summed E-state index contributed by atoms with van der Waals surface area (Å²) in [6.45, 7) is 11.5. The van der Waals surface area contributed by atoms with Crippen molar-refractivity contribution < 1.29 is 4.74 Å². The molecule has 2 aromatic heterocycles. The topological polar surface area (TPSA) is 79.6 Å². The Hall–Kier alpha value is -2.45. The molecule has 1 aliphatic rings. The van der Waals surface area contributed by atoms with Gasteiger partial charge in [0.05, 0.1) is 13.2 Å². The number of imidazole rings is 1. The summed E-state index contributed by atoms with van der Waals surface area (Å²) in [7, 11) is 1.79. The fourth-order valence-corrected chi connectivity index (χ4v) is 3.27. The van der Waals surface area contributed by atoms with Crippen LogP contribution in [0.5, 0.6) is 0 Å². The number of pyridine rings is 1. The SMILES string of the molecule is CN=C(NCc1ccc(-n2ccnc2C)nc1)NCC(C)(C)N1CCOCC1. The van der Waals surface area contributed by atoms with Gasteiger partial charge in [-0.2, -0.15) is 0 Å². The van der Waals surface area contributed by atoms with E-state index >= 15 is 0 Å². The minimum atomic E-state index is 0.0350. The van der Waals surface area contributed by atoms with Crippen LogP contribution in [-0.2, 0) is 11.3 Å². The van der Waals surface area contributed by atoms with E-state index in [1.165, 1.54) is 0 Å². The summed E-state index contributed by atoms with van der Waals surface area (Å²) < 4.78 is 7.42. The quantitative estimate of drug-likeness (QED) is 0.577. The fourth-order valence-electron chi connectivity index (χ4n) is 3.27. The van der Waals surface area contributed by atoms with Gasteiger partial charge >= 0.3 is 0 Å². The summed E-state index contributed by atoms with van der Waals surface area (Å²) in [5, 5.41) is 6.81. The Labute approximate surface area is 167 Å². The summed E-state index contributed by atoms with van der Waals surface area (Å²) >= 11 is 0. The van der Waals surface area contributed by atoms with E-state index in [9.17, 15) is 0 Å². The van der Waals surface area contributed by atoms with Gasteiger partial charge in [0.2, 0.25) is 0 Å². The zero-order chi connectivity index (χ0) is 20.0. The number of nitrogens with zero attached hydrogens (tertiary/aromatic N) is 5. The summed E-state index contributed by atoms with van der Waals surface area (Å²) in [6.07, 6.45) is 5.57. The monoisotopic (exact) mass is 385 g/mol. The van der Waals surface area contributed by atoms with Gasteiger partial charge in [0.1, 0.15) is 11.6 Å². The second-order valence-electron chi connectivity index (χ2n) is 7.56. The number of hydrogen-bond acceptors (Lipinski definition) is 5. The third-order valence-electron chi connectivity index (χ3n) is 5.12. The maximum Gasteiger partial charge on any atom is 0.191 e. The van der Waals surface area contributed by atoms with Crippen molar-refractivity contribution in [3.05, 3.63) is 42.1 Å². The van der Waals surface area contributed by atoms with E-state index in [1.807, 2.05) is 30.0 Å². The van der Waals surface area contributed by atoms with Crippen LogP contribution in [-0.4, -0.2) is 70.8 Å². The first kappa shape index (κ1) is 20.3. The van der Waals surface area contributed by atoms with E-state index in [4.69, 9.17) is 4.74 Å². The van der Waals surface area contributed by atoms with Crippen molar-refractivity contribution in [2.75, 3.05) is 39.9 Å². The minimum Gasteiger partial charge on any atom is -0.379 e. The number of rotatable bonds is 6. The number of morpholine rings is 1. The summed E-state index contributed by atoms with van der Waals surface area (Å²) in [5.74, 6) is 2.58. The Morgan fingerprint density at radius 1 is 1.21 bits per heavy atom. The summed E-state index contributed by atoms with van der Waals surface area (Å²) in [5.41, 5.74) is 1.13. The molecule has 3 rings (SSSR count). The van der Waals surface area contributed by atoms with Crippen molar-refractivity contribution in [3.63, 3.8) is 0 Å². The molecule has 0 aromatic carbocycles. The highest BCUT2D eigenvalue weighted by Gasteiger charge is 2.28. The van der Waals surface area contributed by atoms with E-state index in [0.29, 0.717) is 6.54 Å². The maximum absolute atomic E-state index is 5.46. The fraction of sp³-hybridized carbons (Fsp3) is 0.550. The van der Waals surface area contributed by atoms with Gasteiger partial charge in [-0.25, -0.2) is 9.97 Å². The van der Waals surface area contributed by atoms with E-state index in [-0.39, 0.29) is 5.54 Å². The first-order valence-corrected chi connectivity index (χ1v) is 9.72. The smallest absolute Gasteiger partial charge is 0.191 e. The van der Waals surface area contributed by atoms with E-state index in [0.717, 1.165) is 56.0 Å². The number of guanidine groups is 1. The van der Waals surface area contributed by atoms with Crippen LogP contribution in [0.15, 0.2) is 35.7 Å². The molecule has 0 unspecified atom stereocenters. The Balaban J connectivity index is 1.50. The Kier molecular flexibility index (Phi) is 6.64. The van der Waals surface area contributed by atoms with Crippen molar-refractivity contribution in [1.82, 2.24) is 30.1 Å². The normalized spacial score (nSPS) is 16.2. The average Bonchev–Trinajstić information content (AvgIpc) is 3.15. The van der Waals surface area contributed by atoms with Crippen LogP contribution >= 0.6 is 0 Å². The largest absolute Gasteiger partial charge is 0.379 e. The van der Waals surface area contributed by atoms with Gasteiger partial charge in [0, 0.05) is 57.4 Å². The molecule has 1 fully saturated rings. The van der Waals surface area contributed by atoms with Gasteiger partial charge < -0.3 is 15.4 Å². The summed E-state index contributed by atoms with van der Waals surface area (Å²) in [4.78, 5) is 15.6. The molecule has 2 aromatic rings. The lowest BCUT2D eigenvalue weighted by molar-refractivity contribution is -0.00834. The average molecular weight is 386 g/mol. The zero-order valence-corrected chi connectivity index (χ0v) is 17.3. The van der Waals surface area contributed by atoms with Crippen molar-refractivity contribution in [1.29, 1.82) is 0 Å². The van der Waals surface area contributed by atoms with Gasteiger partial charge in [-0.15, -0.1) is 0 Å². The van der Waals surface area contributed by atoms with Crippen LogP contribution in [0.1, 0.15) is 25.2 Å². The highest BCUT2D eigenvalue weighted by atomic mass is 16.5. The van der Waals surface area contributed by atoms with E-state index < -0.39 is 0 Å². The predicted molar refractivity (Wildman–Crippen MR) is 111 cm³/mol. The van der Waals surface area contributed by atoms with E-state index in [1.54, 1.807) is 13.2 Å². The Morgan fingerprint density at radius 3 is 2.61 bits per heavy atom. The maximum atomic E-state index is 5.46. The van der Waals surface area contributed by atoms with Crippen LogP contribution in [0.2, 0.25) is 0 Å². The molecule has 28 heavy (non-hydrogen) atoms. The van der Waals surface area contributed by atoms with Crippen LogP contribution in [0.3, 0.4) is 0 Å². The molecule has 8 heteroatoms. The lowest BCUT2D eigenvalue weighted by Gasteiger charge is -2.41. The highest BCUT2D eigenvalue weighted by molar-refractivity contribution is 5.79. The lowest BCUT2D eigenvalue weighted by Crippen LogP contribution is -2.56. The van der Waals surface area contributed by atoms with Crippen molar-refractivity contribution in [3.8, 4) is 5.82 Å². The molecule has 0 aliphatic carbocycles. The predicted octanol–water partition coefficient (Wildman–Crippen LogP) is 1.35. The number of ether oxygens (including phenoxy) is 1. The lowest BCUT2D eigenvalue weighted by atomic mass is 10.0. The number of aliphatic imine (C=N–C) groups is 1. The number of nitrogens with one attached hydrogen (secondary N) is 2. The van der Waals surface area contributed by atoms with Crippen molar-refractivity contribution in [2.24, 2.45) is 4.99 Å². The molecule has 1 aliphatic heterocycles. The zero-order valence-electron chi connectivity index (χ0n) is 17.3. The van der Waals surface area contributed by atoms with Crippen LogP contribution < -0.4 is 10.6 Å². The van der Waals surface area contributed by atoms with Gasteiger partial charge in [-0.3, -0.25) is 14.5 Å². The number of aromatic nitrogens is 3. The third kappa shape index (κ3) is 5.08. The van der Waals surface area contributed by atoms with Gasteiger partial charge in [-0.05, 0) is 32.4 Å². The molecule has 0 atom stereocenters. The standard InChI is InChI=1S/C20H31N7O/c1-16-22-7-8-27(16)18-6-5-17(13-23-18)14-24-19(21-4)25-15-20(2,3)26-9-11-28-12-10-26/h5-8,13H,9-12,14-15H2,1-4H3,(H2,21,24,25). The molecule has 0 saturated carbocycles. The minimum absolute atomic E-state index is 0.0350. The molecule has 152 valence electrons. The molecule has 0 radical (unpaired) electrons. The molecule has 0 amide bonds. The number of hydrogen-bond donors (Lipinski definition) is 2. The molecule has 8 nitrogen and oxygen atoms in total. The van der Waals surface area contributed by atoms with Crippen LogP contribution in [0.4, 0.5) is 0 Å². The summed E-state index contributed by atoms with van der Waals surface area (Å²) in [6, 6.07) is 4.07. The first-order valence-electron chi connectivity index (χ1n) is 9.72. The van der Waals surface area contributed by atoms with Crippen LogP contribution in [0.25, 0.3) is 5.82 Å². The Morgan fingerprint density at radius 2 is 2.00 bits per heavy atom. The molecule has 3 heterocycles. The first-order chi connectivity index (χ1) is 13.5. The second-order valence-corrected chi connectivity index (χ2v) is 7.56. The van der Waals surface area contributed by atoms with Crippen molar-refractivity contribution in [2.45, 2.75) is 32.9 Å². The third-order valence-corrected chi connectivity index (χ3v) is 5.12. The highest BCUT2D eigenvalue weighted by Crippen LogP contribution is 2.15. The van der Waals surface area contributed by atoms with Gasteiger partial charge in [-0.1, -0.05) is 6.07 Å².